The van der Waals surface area contributed by atoms with Gasteiger partial charge in [0.2, 0.25) is 5.95 Å². The summed E-state index contributed by atoms with van der Waals surface area (Å²) in [6.07, 6.45) is 1.59. The van der Waals surface area contributed by atoms with E-state index in [0.717, 1.165) is 35.8 Å². The summed E-state index contributed by atoms with van der Waals surface area (Å²) < 4.78 is 5.65. The minimum Gasteiger partial charge on any atom is -0.492 e. The number of para-hydroxylation sites is 2. The van der Waals surface area contributed by atoms with Crippen molar-refractivity contribution in [1.29, 1.82) is 0 Å². The summed E-state index contributed by atoms with van der Waals surface area (Å²) >= 11 is 0. The third-order valence-electron chi connectivity index (χ3n) is 4.59. The highest BCUT2D eigenvalue weighted by Gasteiger charge is 2.09. The van der Waals surface area contributed by atoms with Gasteiger partial charge in [-0.05, 0) is 63.6 Å². The van der Waals surface area contributed by atoms with Gasteiger partial charge in [0.05, 0.1) is 18.5 Å². The SMILES string of the molecule is CCOc1ccccc1Nc1cnnc(Nc2ccc(N(CC)CC)cc2C)n1. The van der Waals surface area contributed by atoms with Crippen molar-refractivity contribution in [2.45, 2.75) is 27.7 Å². The third-order valence-corrected chi connectivity index (χ3v) is 4.59. The fraction of sp³-hybridized carbons (Fsp3) is 0.318. The van der Waals surface area contributed by atoms with Crippen LogP contribution in [0.5, 0.6) is 5.75 Å². The summed E-state index contributed by atoms with van der Waals surface area (Å²) in [6, 6.07) is 14.1. The highest BCUT2D eigenvalue weighted by molar-refractivity contribution is 5.66. The van der Waals surface area contributed by atoms with Crippen molar-refractivity contribution in [3.05, 3.63) is 54.2 Å². The van der Waals surface area contributed by atoms with Crippen molar-refractivity contribution in [2.24, 2.45) is 0 Å². The van der Waals surface area contributed by atoms with E-state index in [2.05, 4.69) is 69.7 Å². The fourth-order valence-electron chi connectivity index (χ4n) is 3.10. The Bertz CT molecular complexity index is 942. The minimum absolute atomic E-state index is 0.433. The number of ether oxygens (including phenoxy) is 1. The predicted molar refractivity (Wildman–Crippen MR) is 119 cm³/mol. The first-order valence-corrected chi connectivity index (χ1v) is 9.95. The van der Waals surface area contributed by atoms with Crippen molar-refractivity contribution in [3.63, 3.8) is 0 Å². The molecule has 0 atom stereocenters. The van der Waals surface area contributed by atoms with E-state index in [1.165, 1.54) is 5.69 Å². The van der Waals surface area contributed by atoms with Gasteiger partial charge in [-0.15, -0.1) is 5.10 Å². The molecule has 0 aliphatic rings. The van der Waals surface area contributed by atoms with Crippen molar-refractivity contribution in [3.8, 4) is 5.75 Å². The van der Waals surface area contributed by atoms with Gasteiger partial charge in [0.15, 0.2) is 5.82 Å². The molecule has 0 amide bonds. The lowest BCUT2D eigenvalue weighted by Crippen LogP contribution is -2.21. The molecule has 0 spiro atoms. The van der Waals surface area contributed by atoms with E-state index in [0.29, 0.717) is 18.4 Å². The number of nitrogens with zero attached hydrogens (tertiary/aromatic N) is 4. The fourth-order valence-corrected chi connectivity index (χ4v) is 3.10. The molecule has 3 rings (SSSR count). The van der Waals surface area contributed by atoms with Gasteiger partial charge in [-0.1, -0.05) is 12.1 Å². The maximum Gasteiger partial charge on any atom is 0.249 e. The maximum atomic E-state index is 5.65. The Balaban J connectivity index is 1.77. The first-order valence-electron chi connectivity index (χ1n) is 9.95. The van der Waals surface area contributed by atoms with E-state index in [9.17, 15) is 0 Å². The van der Waals surface area contributed by atoms with Crippen LogP contribution in [-0.4, -0.2) is 34.9 Å². The van der Waals surface area contributed by atoms with Crippen LogP contribution in [0.4, 0.5) is 28.8 Å². The number of aromatic nitrogens is 3. The smallest absolute Gasteiger partial charge is 0.249 e. The molecule has 0 saturated carbocycles. The quantitative estimate of drug-likeness (QED) is 0.536. The molecule has 1 aromatic heterocycles. The molecular formula is C22H28N6O. The summed E-state index contributed by atoms with van der Waals surface area (Å²) in [6.45, 7) is 10.9. The number of nitrogens with one attached hydrogen (secondary N) is 2. The standard InChI is InChI=1S/C22H28N6O/c1-5-28(6-2)17-12-13-18(16(4)14-17)25-22-26-21(15-23-27-22)24-19-10-8-9-11-20(19)29-7-3/h8-15H,5-7H2,1-4H3,(H2,24,25,26,27). The van der Waals surface area contributed by atoms with Crippen LogP contribution < -0.4 is 20.3 Å². The van der Waals surface area contributed by atoms with Gasteiger partial charge in [0.1, 0.15) is 5.75 Å². The largest absolute Gasteiger partial charge is 0.492 e. The number of anilines is 5. The van der Waals surface area contributed by atoms with Gasteiger partial charge in [0, 0.05) is 24.5 Å². The lowest BCUT2D eigenvalue weighted by atomic mass is 10.1. The lowest BCUT2D eigenvalue weighted by Gasteiger charge is -2.22. The molecule has 0 radical (unpaired) electrons. The number of aryl methyl sites for hydroxylation is 1. The zero-order chi connectivity index (χ0) is 20.6. The molecule has 7 heteroatoms. The lowest BCUT2D eigenvalue weighted by molar-refractivity contribution is 0.342. The second kappa shape index (κ2) is 9.73. The van der Waals surface area contributed by atoms with Crippen molar-refractivity contribution in [2.75, 3.05) is 35.2 Å². The Morgan fingerprint density at radius 1 is 0.966 bits per heavy atom. The normalized spacial score (nSPS) is 10.5. The molecule has 0 bridgehead atoms. The maximum absolute atomic E-state index is 5.65. The number of benzene rings is 2. The van der Waals surface area contributed by atoms with E-state index in [1.54, 1.807) is 6.20 Å². The van der Waals surface area contributed by atoms with E-state index >= 15 is 0 Å². The van der Waals surface area contributed by atoms with Crippen LogP contribution in [0.15, 0.2) is 48.7 Å². The summed E-state index contributed by atoms with van der Waals surface area (Å²) in [4.78, 5) is 6.85. The van der Waals surface area contributed by atoms with Crippen LogP contribution in [0, 0.1) is 6.92 Å². The Morgan fingerprint density at radius 2 is 1.76 bits per heavy atom. The predicted octanol–water partition coefficient (Wildman–Crippen LogP) is 4.91. The van der Waals surface area contributed by atoms with Crippen molar-refractivity contribution in [1.82, 2.24) is 15.2 Å². The molecule has 0 aliphatic carbocycles. The molecule has 2 N–H and O–H groups in total. The third kappa shape index (κ3) is 5.13. The number of hydrogen-bond donors (Lipinski definition) is 2. The van der Waals surface area contributed by atoms with Crippen LogP contribution in [0.25, 0.3) is 0 Å². The van der Waals surface area contributed by atoms with Gasteiger partial charge in [-0.2, -0.15) is 10.1 Å². The minimum atomic E-state index is 0.433. The van der Waals surface area contributed by atoms with Crippen LogP contribution in [0.2, 0.25) is 0 Å². The van der Waals surface area contributed by atoms with Crippen LogP contribution in [-0.2, 0) is 0 Å². The summed E-state index contributed by atoms with van der Waals surface area (Å²) in [5.74, 6) is 1.79. The molecule has 2 aromatic carbocycles. The molecule has 0 fully saturated rings. The summed E-state index contributed by atoms with van der Waals surface area (Å²) in [7, 11) is 0. The molecule has 0 aliphatic heterocycles. The van der Waals surface area contributed by atoms with E-state index in [1.807, 2.05) is 31.2 Å². The average Bonchev–Trinajstić information content (AvgIpc) is 2.73. The highest BCUT2D eigenvalue weighted by atomic mass is 16.5. The first-order chi connectivity index (χ1) is 14.1. The topological polar surface area (TPSA) is 75.2 Å². The molecule has 29 heavy (non-hydrogen) atoms. The Kier molecular flexibility index (Phi) is 6.84. The number of hydrogen-bond acceptors (Lipinski definition) is 7. The van der Waals surface area contributed by atoms with E-state index in [-0.39, 0.29) is 0 Å². The highest BCUT2D eigenvalue weighted by Crippen LogP contribution is 2.27. The van der Waals surface area contributed by atoms with Crippen LogP contribution in [0.3, 0.4) is 0 Å². The Morgan fingerprint density at radius 3 is 2.48 bits per heavy atom. The van der Waals surface area contributed by atoms with Gasteiger partial charge >= 0.3 is 0 Å². The molecule has 7 nitrogen and oxygen atoms in total. The molecule has 3 aromatic rings. The zero-order valence-electron chi connectivity index (χ0n) is 17.4. The average molecular weight is 393 g/mol. The van der Waals surface area contributed by atoms with Crippen LogP contribution >= 0.6 is 0 Å². The second-order valence-corrected chi connectivity index (χ2v) is 6.52. The Hall–Kier alpha value is -3.35. The Labute approximate surface area is 172 Å². The monoisotopic (exact) mass is 392 g/mol. The van der Waals surface area contributed by atoms with Crippen molar-refractivity contribution >= 4 is 28.8 Å². The summed E-state index contributed by atoms with van der Waals surface area (Å²) in [5.41, 5.74) is 4.12. The van der Waals surface area contributed by atoms with Gasteiger partial charge < -0.3 is 20.3 Å². The second-order valence-electron chi connectivity index (χ2n) is 6.52. The van der Waals surface area contributed by atoms with Crippen molar-refractivity contribution < 1.29 is 4.74 Å². The summed E-state index contributed by atoms with van der Waals surface area (Å²) in [5, 5.41) is 14.7. The molecule has 152 valence electrons. The molecule has 1 heterocycles. The van der Waals surface area contributed by atoms with E-state index in [4.69, 9.17) is 4.74 Å². The molecule has 0 unspecified atom stereocenters. The van der Waals surface area contributed by atoms with Gasteiger partial charge in [0.25, 0.3) is 0 Å². The van der Waals surface area contributed by atoms with E-state index < -0.39 is 0 Å². The van der Waals surface area contributed by atoms with Gasteiger partial charge in [-0.25, -0.2) is 0 Å². The first kappa shape index (κ1) is 20.4. The molecule has 0 saturated heterocycles. The zero-order valence-corrected chi connectivity index (χ0v) is 17.4. The van der Waals surface area contributed by atoms with Crippen LogP contribution in [0.1, 0.15) is 26.3 Å². The number of rotatable bonds is 9. The molecular weight excluding hydrogens is 364 g/mol. The van der Waals surface area contributed by atoms with Gasteiger partial charge in [-0.3, -0.25) is 0 Å².